The fourth-order valence-electron chi connectivity index (χ4n) is 8.58. The van der Waals surface area contributed by atoms with E-state index in [9.17, 15) is 30.0 Å². The van der Waals surface area contributed by atoms with Crippen molar-refractivity contribution in [3.8, 4) is 0 Å². The van der Waals surface area contributed by atoms with Gasteiger partial charge in [-0.3, -0.25) is 18.7 Å². The van der Waals surface area contributed by atoms with Crippen LogP contribution in [-0.2, 0) is 54.1 Å². The Morgan fingerprint density at radius 2 is 1.41 bits per heavy atom. The summed E-state index contributed by atoms with van der Waals surface area (Å²) in [5, 5.41) is 45.6. The van der Waals surface area contributed by atoms with Gasteiger partial charge in [0.15, 0.2) is 12.6 Å². The minimum Gasteiger partial charge on any atom is -0.459 e. The molecule has 3 aliphatic rings. The number of Topliss-reactive ketones (excluding diaryl/α,β-unsaturated/α-hetero) is 1. The van der Waals surface area contributed by atoms with Crippen LogP contribution < -0.4 is 0 Å². The molecule has 3 rings (SSSR count). The predicted molar refractivity (Wildman–Crippen MR) is 204 cm³/mol. The monoisotopic (exact) mass is 829 g/mol. The molecular weight excluding hydrogens is 758 g/mol. The first kappa shape index (κ1) is 50.9. The molecule has 18 atom stereocenters. The molecule has 0 bridgehead atoms. The lowest BCUT2D eigenvalue weighted by molar-refractivity contribution is -0.319. The number of hydrogen-bond donors (Lipinski definition) is 6. The van der Waals surface area contributed by atoms with E-state index in [1.54, 1.807) is 48.5 Å². The molecule has 330 valence electrons. The lowest BCUT2D eigenvalue weighted by atomic mass is 9.74. The summed E-state index contributed by atoms with van der Waals surface area (Å²) in [6.07, 6.45) is -8.73. The number of ether oxygens (including phenoxy) is 7. The molecule has 0 unspecified atom stereocenters. The van der Waals surface area contributed by atoms with Gasteiger partial charge in [0.1, 0.15) is 29.7 Å². The quantitative estimate of drug-likeness (QED) is 0.152. The van der Waals surface area contributed by atoms with Crippen LogP contribution in [0.15, 0.2) is 0 Å². The summed E-state index contributed by atoms with van der Waals surface area (Å²) in [4.78, 5) is 30.1. The highest BCUT2D eigenvalue weighted by Gasteiger charge is 2.54. The van der Waals surface area contributed by atoms with Crippen molar-refractivity contribution in [1.29, 1.82) is 0 Å². The fraction of sp³-hybridized carbons (Fsp3) is 0.947. The van der Waals surface area contributed by atoms with Gasteiger partial charge in [0.05, 0.1) is 47.6 Å². The third-order valence-corrected chi connectivity index (χ3v) is 12.3. The predicted octanol–water partition coefficient (Wildman–Crippen LogP) is 2.12. The number of hydrogen-bond acceptors (Lipinski definition) is 15. The number of esters is 1. The van der Waals surface area contributed by atoms with Crippen molar-refractivity contribution in [2.75, 3.05) is 28.3 Å². The molecule has 0 aromatic carbocycles. The van der Waals surface area contributed by atoms with Crippen LogP contribution in [-0.4, -0.2) is 163 Å². The van der Waals surface area contributed by atoms with Gasteiger partial charge in [0.25, 0.3) is 11.4 Å². The van der Waals surface area contributed by atoms with Crippen molar-refractivity contribution < 1.29 is 76.5 Å². The minimum atomic E-state index is -2.61. The van der Waals surface area contributed by atoms with Crippen molar-refractivity contribution in [3.05, 3.63) is 0 Å². The lowest BCUT2D eigenvalue weighted by Crippen LogP contribution is -2.61. The Morgan fingerprint density at radius 1 is 0.857 bits per heavy atom. The summed E-state index contributed by atoms with van der Waals surface area (Å²) in [5.41, 5.74) is -4.24. The van der Waals surface area contributed by atoms with Gasteiger partial charge in [0, 0.05) is 44.4 Å². The van der Waals surface area contributed by atoms with Crippen LogP contribution in [0.2, 0.25) is 0 Å². The molecule has 3 saturated heterocycles. The summed E-state index contributed by atoms with van der Waals surface area (Å²) in [6.45, 7) is 17.1. The zero-order chi connectivity index (χ0) is 43.2. The second-order valence-electron chi connectivity index (χ2n) is 16.9. The molecule has 17 nitrogen and oxygen atoms in total. The van der Waals surface area contributed by atoms with Crippen LogP contribution >= 0.6 is 0 Å². The largest absolute Gasteiger partial charge is 0.459 e. The molecule has 3 heterocycles. The van der Waals surface area contributed by atoms with Crippen LogP contribution in [0.1, 0.15) is 94.9 Å². The zero-order valence-electron chi connectivity index (χ0n) is 35.6. The topological polar surface area (TPSA) is 240 Å². The van der Waals surface area contributed by atoms with Gasteiger partial charge in [-0.05, 0) is 74.9 Å². The van der Waals surface area contributed by atoms with Crippen molar-refractivity contribution >= 4 is 23.1 Å². The van der Waals surface area contributed by atoms with E-state index in [2.05, 4.69) is 0 Å². The molecule has 0 amide bonds. The lowest BCUT2D eigenvalue weighted by Gasteiger charge is -2.50. The average molecular weight is 830 g/mol. The van der Waals surface area contributed by atoms with Gasteiger partial charge in [-0.2, -0.15) is 4.21 Å². The molecule has 0 aliphatic carbocycles. The van der Waals surface area contributed by atoms with Crippen LogP contribution in [0.3, 0.4) is 0 Å². The maximum Gasteiger partial charge on any atom is 0.311 e. The first-order valence-electron chi connectivity index (χ1n) is 19.4. The molecule has 0 saturated carbocycles. The molecule has 6 N–H and O–H groups in total. The summed E-state index contributed by atoms with van der Waals surface area (Å²) in [7, 11) is 6.77. The Hall–Kier alpha value is -1.23. The third-order valence-electron chi connectivity index (χ3n) is 12.3. The first-order chi connectivity index (χ1) is 25.7. The SMILES string of the molecule is CC[C@H]1OC(=O)[C@H](C)[C@@H](O[C@H]2C[C@@](C)(OC)[C@@H](O)[C@H](C)O2)[C@H](C)[C@@H](O[C@@H]2O[C@H](C)C[C@H](N(C)C)[C@H]2O)[C@](C)(OC)C[C@@H](C)C(=O)[C@H](C)[C@@H](O)[C@]1(C)O.O=S(O)O. The Balaban J connectivity index is 0.00000258. The molecule has 18 heteroatoms. The van der Waals surface area contributed by atoms with E-state index < -0.39 is 113 Å². The molecule has 3 aliphatic heterocycles. The van der Waals surface area contributed by atoms with Gasteiger partial charge >= 0.3 is 5.97 Å². The maximum atomic E-state index is 14.2. The Morgan fingerprint density at radius 3 is 1.91 bits per heavy atom. The summed E-state index contributed by atoms with van der Waals surface area (Å²) < 4.78 is 66.7. The molecule has 0 aromatic heterocycles. The summed E-state index contributed by atoms with van der Waals surface area (Å²) in [5.74, 6) is -4.47. The Labute approximate surface area is 335 Å². The standard InChI is InChI=1S/C38H69NO13.H2O3S/c1-15-26-38(10,45)31(42)21(4)28(40)19(2)17-37(9,47-14)33(52-35-29(41)25(39(11)12)16-20(3)48-35)22(5)30(23(6)34(44)50-26)51-27-18-36(8,46-13)32(43)24(7)49-27;1-4(2)3/h19-27,29-33,35,41-43,45H,15-18H2,1-14H3;(H2,1,2,3)/t19-,20-,21+,22+,23-,24+,25+,26-,27+,29-,30+,31-,32+,33-,35+,36-,37-,38-;/m1./s1. The number of carbonyl (C=O) groups excluding carboxylic acids is 2. The number of aliphatic hydroxyl groups excluding tert-OH is 3. The van der Waals surface area contributed by atoms with Gasteiger partial charge in [-0.25, -0.2) is 0 Å². The molecule has 0 spiro atoms. The second kappa shape index (κ2) is 20.8. The fourth-order valence-corrected chi connectivity index (χ4v) is 8.58. The highest BCUT2D eigenvalue weighted by atomic mass is 32.2. The number of likely N-dealkylation sites (N-methyl/N-ethyl adjacent to an activating group) is 1. The van der Waals surface area contributed by atoms with Gasteiger partial charge < -0.3 is 58.5 Å². The van der Waals surface area contributed by atoms with Crippen molar-refractivity contribution in [1.82, 2.24) is 4.90 Å². The second-order valence-corrected chi connectivity index (χ2v) is 17.3. The van der Waals surface area contributed by atoms with Crippen LogP contribution in [0, 0.1) is 23.7 Å². The normalized spacial score (nSPS) is 46.1. The van der Waals surface area contributed by atoms with E-state index in [-0.39, 0.29) is 37.2 Å². The molecule has 56 heavy (non-hydrogen) atoms. The van der Waals surface area contributed by atoms with E-state index in [0.29, 0.717) is 6.42 Å². The first-order valence-corrected chi connectivity index (χ1v) is 20.5. The summed E-state index contributed by atoms with van der Waals surface area (Å²) in [6, 6.07) is -0.283. The van der Waals surface area contributed by atoms with Crippen LogP contribution in [0.25, 0.3) is 0 Å². The number of methoxy groups -OCH3 is 2. The number of rotatable bonds is 8. The smallest absolute Gasteiger partial charge is 0.311 e. The maximum absolute atomic E-state index is 14.2. The van der Waals surface area contributed by atoms with E-state index >= 15 is 0 Å². The van der Waals surface area contributed by atoms with Gasteiger partial charge in [-0.15, -0.1) is 0 Å². The van der Waals surface area contributed by atoms with Crippen molar-refractivity contribution in [2.45, 2.75) is 179 Å². The van der Waals surface area contributed by atoms with Gasteiger partial charge in [-0.1, -0.05) is 27.7 Å². The Bertz CT molecular complexity index is 1290. The van der Waals surface area contributed by atoms with Crippen molar-refractivity contribution in [3.63, 3.8) is 0 Å². The number of carbonyl (C=O) groups is 2. The van der Waals surface area contributed by atoms with Crippen molar-refractivity contribution in [2.24, 2.45) is 23.7 Å². The number of cyclic esters (lactones) is 1. The van der Waals surface area contributed by atoms with Crippen LogP contribution in [0.4, 0.5) is 0 Å². The van der Waals surface area contributed by atoms with Gasteiger partial charge in [0.2, 0.25) is 0 Å². The van der Waals surface area contributed by atoms with E-state index in [1.165, 1.54) is 21.1 Å². The summed E-state index contributed by atoms with van der Waals surface area (Å²) >= 11 is -2.61. The van der Waals surface area contributed by atoms with Crippen LogP contribution in [0.5, 0.6) is 0 Å². The number of nitrogens with zero attached hydrogens (tertiary/aromatic N) is 1. The third kappa shape index (κ3) is 12.0. The van der Waals surface area contributed by atoms with E-state index in [4.69, 9.17) is 46.5 Å². The molecule has 0 aromatic rings. The van der Waals surface area contributed by atoms with E-state index in [0.717, 1.165) is 0 Å². The van der Waals surface area contributed by atoms with E-state index in [1.807, 2.05) is 32.8 Å². The Kier molecular flexibility index (Phi) is 18.9. The average Bonchev–Trinajstić information content (AvgIpc) is 3.12. The minimum absolute atomic E-state index is 0.111. The number of ketones is 1. The number of aliphatic hydroxyl groups is 4. The molecule has 3 fully saturated rings. The zero-order valence-corrected chi connectivity index (χ0v) is 36.4. The highest BCUT2D eigenvalue weighted by Crippen LogP contribution is 2.41. The molecular formula is C38H71NO16S. The molecule has 0 radical (unpaired) electrons. The highest BCUT2D eigenvalue weighted by molar-refractivity contribution is 7.73.